The molecule has 1 aromatic heterocycles. The molecule has 0 unspecified atom stereocenters. The molecular formula is C23H28F4N4O2. The van der Waals surface area contributed by atoms with Crippen molar-refractivity contribution < 1.29 is 26.7 Å². The third kappa shape index (κ3) is 6.40. The summed E-state index contributed by atoms with van der Waals surface area (Å²) in [6.07, 6.45) is 0.620. The van der Waals surface area contributed by atoms with Gasteiger partial charge in [0.1, 0.15) is 17.3 Å². The summed E-state index contributed by atoms with van der Waals surface area (Å²) in [5.74, 6) is 0.710. The number of benzene rings is 1. The monoisotopic (exact) mass is 468 g/mol. The van der Waals surface area contributed by atoms with Crippen LogP contribution in [0.2, 0.25) is 0 Å². The Labute approximate surface area is 190 Å². The molecule has 2 aromatic rings. The van der Waals surface area contributed by atoms with Gasteiger partial charge in [0.15, 0.2) is 6.61 Å². The number of anilines is 1. The Morgan fingerprint density at radius 2 is 1.85 bits per heavy atom. The summed E-state index contributed by atoms with van der Waals surface area (Å²) >= 11 is 0. The summed E-state index contributed by atoms with van der Waals surface area (Å²) in [5, 5.41) is 0. The maximum atomic E-state index is 13.6. The zero-order chi connectivity index (χ0) is 23.4. The molecule has 6 nitrogen and oxygen atoms in total. The number of hydrogen-bond acceptors (Lipinski definition) is 6. The van der Waals surface area contributed by atoms with Gasteiger partial charge in [0, 0.05) is 44.5 Å². The first kappa shape index (κ1) is 23.4. The maximum Gasteiger partial charge on any atom is 0.422 e. The molecule has 2 aliphatic rings. The van der Waals surface area contributed by atoms with E-state index < -0.39 is 18.6 Å². The van der Waals surface area contributed by atoms with Crippen molar-refractivity contribution >= 4 is 5.69 Å². The molecule has 0 bridgehead atoms. The Morgan fingerprint density at radius 1 is 1.06 bits per heavy atom. The van der Waals surface area contributed by atoms with Crippen LogP contribution >= 0.6 is 0 Å². The Balaban J connectivity index is 1.31. The van der Waals surface area contributed by atoms with Gasteiger partial charge in [-0.05, 0) is 31.4 Å². The third-order valence-corrected chi connectivity index (χ3v) is 5.92. The van der Waals surface area contributed by atoms with E-state index in [1.54, 1.807) is 6.20 Å². The van der Waals surface area contributed by atoms with E-state index in [1.165, 1.54) is 18.6 Å². The lowest BCUT2D eigenvalue weighted by atomic mass is 10.1. The second-order valence-electron chi connectivity index (χ2n) is 8.44. The first-order valence-corrected chi connectivity index (χ1v) is 11.1. The molecule has 10 heteroatoms. The molecule has 180 valence electrons. The SMILES string of the molecule is C=C1CCCCN1Cc1cnc(CN2CCN(c3ccc(F)cc3OCC(F)(F)F)CC2)o1. The second-order valence-corrected chi connectivity index (χ2v) is 8.44. The van der Waals surface area contributed by atoms with Crippen molar-refractivity contribution in [3.8, 4) is 5.75 Å². The minimum absolute atomic E-state index is 0.0996. The molecule has 2 fully saturated rings. The van der Waals surface area contributed by atoms with Crippen LogP contribution in [-0.4, -0.2) is 60.3 Å². The minimum Gasteiger partial charge on any atom is -0.482 e. The van der Waals surface area contributed by atoms with E-state index in [9.17, 15) is 17.6 Å². The first-order valence-electron chi connectivity index (χ1n) is 11.1. The van der Waals surface area contributed by atoms with Crippen molar-refractivity contribution in [2.45, 2.75) is 38.5 Å². The average Bonchev–Trinajstić information content (AvgIpc) is 3.21. The number of alkyl halides is 3. The normalized spacial score (nSPS) is 18.1. The molecule has 3 heterocycles. The summed E-state index contributed by atoms with van der Waals surface area (Å²) in [4.78, 5) is 10.7. The molecule has 2 saturated heterocycles. The molecule has 33 heavy (non-hydrogen) atoms. The predicted octanol–water partition coefficient (Wildman–Crippen LogP) is 4.58. The highest BCUT2D eigenvalue weighted by molar-refractivity contribution is 5.59. The van der Waals surface area contributed by atoms with Crippen LogP contribution in [0.15, 0.2) is 41.1 Å². The Morgan fingerprint density at radius 3 is 2.58 bits per heavy atom. The van der Waals surface area contributed by atoms with Gasteiger partial charge in [0.05, 0.1) is 25.0 Å². The molecule has 4 rings (SSSR count). The van der Waals surface area contributed by atoms with E-state index in [1.807, 2.05) is 4.90 Å². The zero-order valence-electron chi connectivity index (χ0n) is 18.4. The van der Waals surface area contributed by atoms with Gasteiger partial charge in [-0.3, -0.25) is 4.90 Å². The van der Waals surface area contributed by atoms with E-state index in [-0.39, 0.29) is 5.75 Å². The van der Waals surface area contributed by atoms with E-state index in [2.05, 4.69) is 21.4 Å². The van der Waals surface area contributed by atoms with Gasteiger partial charge in [-0.2, -0.15) is 13.2 Å². The van der Waals surface area contributed by atoms with Crippen LogP contribution in [0, 0.1) is 5.82 Å². The number of allylic oxidation sites excluding steroid dienone is 1. The number of likely N-dealkylation sites (tertiary alicyclic amines) is 1. The highest BCUT2D eigenvalue weighted by atomic mass is 19.4. The quantitative estimate of drug-likeness (QED) is 0.555. The molecule has 0 amide bonds. The summed E-state index contributed by atoms with van der Waals surface area (Å²) in [7, 11) is 0. The fourth-order valence-electron chi connectivity index (χ4n) is 4.18. The molecule has 2 aliphatic heterocycles. The van der Waals surface area contributed by atoms with Crippen LogP contribution in [0.4, 0.5) is 23.2 Å². The summed E-state index contributed by atoms with van der Waals surface area (Å²) < 4.78 is 62.1. The second kappa shape index (κ2) is 10.0. The van der Waals surface area contributed by atoms with Crippen molar-refractivity contribution in [2.24, 2.45) is 0 Å². The molecule has 0 N–H and O–H groups in total. The molecule has 0 aliphatic carbocycles. The third-order valence-electron chi connectivity index (χ3n) is 5.92. The molecule has 0 spiro atoms. The topological polar surface area (TPSA) is 45.0 Å². The number of rotatable bonds is 7. The van der Waals surface area contributed by atoms with E-state index in [4.69, 9.17) is 9.15 Å². The van der Waals surface area contributed by atoms with Gasteiger partial charge in [-0.15, -0.1) is 0 Å². The van der Waals surface area contributed by atoms with Crippen LogP contribution in [0.25, 0.3) is 0 Å². The van der Waals surface area contributed by atoms with Crippen molar-refractivity contribution in [3.63, 3.8) is 0 Å². The average molecular weight is 468 g/mol. The lowest BCUT2D eigenvalue weighted by molar-refractivity contribution is -0.153. The van der Waals surface area contributed by atoms with Crippen LogP contribution in [0.3, 0.4) is 0 Å². The summed E-state index contributed by atoms with van der Waals surface area (Å²) in [6.45, 7) is 7.33. The van der Waals surface area contributed by atoms with E-state index >= 15 is 0 Å². The van der Waals surface area contributed by atoms with Gasteiger partial charge < -0.3 is 19.0 Å². The number of piperazine rings is 1. The maximum absolute atomic E-state index is 13.6. The minimum atomic E-state index is -4.49. The van der Waals surface area contributed by atoms with Crippen molar-refractivity contribution in [2.75, 3.05) is 44.2 Å². The fraction of sp³-hybridized carbons (Fsp3) is 0.522. The Hall–Kier alpha value is -2.75. The van der Waals surface area contributed by atoms with E-state index in [0.717, 1.165) is 36.9 Å². The Kier molecular flexibility index (Phi) is 7.11. The van der Waals surface area contributed by atoms with Crippen molar-refractivity contribution in [3.05, 3.63) is 54.1 Å². The van der Waals surface area contributed by atoms with Gasteiger partial charge in [-0.1, -0.05) is 6.58 Å². The molecule has 0 saturated carbocycles. The Bertz CT molecular complexity index is 954. The lowest BCUT2D eigenvalue weighted by Crippen LogP contribution is -2.46. The summed E-state index contributed by atoms with van der Waals surface area (Å²) in [6, 6.07) is 3.69. The fourth-order valence-corrected chi connectivity index (χ4v) is 4.18. The number of hydrogen-bond donors (Lipinski definition) is 0. The zero-order valence-corrected chi connectivity index (χ0v) is 18.4. The molecule has 0 radical (unpaired) electrons. The van der Waals surface area contributed by atoms with Crippen molar-refractivity contribution in [1.82, 2.24) is 14.8 Å². The summed E-state index contributed by atoms with van der Waals surface area (Å²) in [5.41, 5.74) is 1.59. The number of nitrogens with zero attached hydrogens (tertiary/aromatic N) is 4. The highest BCUT2D eigenvalue weighted by Gasteiger charge is 2.30. The number of piperidine rings is 1. The lowest BCUT2D eigenvalue weighted by Gasteiger charge is -2.36. The van der Waals surface area contributed by atoms with Crippen LogP contribution in [0.5, 0.6) is 5.75 Å². The first-order chi connectivity index (χ1) is 15.8. The van der Waals surface area contributed by atoms with Gasteiger partial charge >= 0.3 is 6.18 Å². The standard InChI is InChI=1S/C23H28F4N4O2/c1-17-4-2-3-7-31(17)14-19-13-28-22(33-19)15-29-8-10-30(11-9-29)20-6-5-18(24)12-21(20)32-16-23(25,26)27/h5-6,12-13H,1-4,7-11,14-16H2. The van der Waals surface area contributed by atoms with Gasteiger partial charge in [0.2, 0.25) is 5.89 Å². The number of ether oxygens (including phenoxy) is 1. The largest absolute Gasteiger partial charge is 0.482 e. The van der Waals surface area contributed by atoms with Gasteiger partial charge in [0.25, 0.3) is 0 Å². The van der Waals surface area contributed by atoms with Crippen molar-refractivity contribution in [1.29, 1.82) is 0 Å². The molecular weight excluding hydrogens is 440 g/mol. The van der Waals surface area contributed by atoms with Crippen LogP contribution < -0.4 is 9.64 Å². The number of aromatic nitrogens is 1. The number of oxazole rings is 1. The van der Waals surface area contributed by atoms with Crippen LogP contribution in [0.1, 0.15) is 30.9 Å². The van der Waals surface area contributed by atoms with Gasteiger partial charge in [-0.25, -0.2) is 9.37 Å². The highest BCUT2D eigenvalue weighted by Crippen LogP contribution is 2.32. The smallest absolute Gasteiger partial charge is 0.422 e. The predicted molar refractivity (Wildman–Crippen MR) is 115 cm³/mol. The molecule has 0 atom stereocenters. The van der Waals surface area contributed by atoms with E-state index in [0.29, 0.717) is 50.8 Å². The number of halogens is 4. The molecule has 1 aromatic carbocycles. The van der Waals surface area contributed by atoms with Crippen LogP contribution in [-0.2, 0) is 13.1 Å².